The molecule has 0 aliphatic heterocycles. The van der Waals surface area contributed by atoms with Crippen LogP contribution in [0.1, 0.15) is 19.3 Å². The highest BCUT2D eigenvalue weighted by Gasteiger charge is 2.37. The second kappa shape index (κ2) is 3.50. The van der Waals surface area contributed by atoms with E-state index in [1.807, 2.05) is 0 Å². The fourth-order valence-corrected chi connectivity index (χ4v) is 1.65. The Bertz CT molecular complexity index is 419. The molecule has 1 fully saturated rings. The zero-order valence-electron chi connectivity index (χ0n) is 8.06. The van der Waals surface area contributed by atoms with Gasteiger partial charge in [-0.2, -0.15) is 5.26 Å². The van der Waals surface area contributed by atoms with Crippen molar-refractivity contribution < 1.29 is 8.78 Å². The summed E-state index contributed by atoms with van der Waals surface area (Å²) in [6.07, 6.45) is 2.30. The van der Waals surface area contributed by atoms with Crippen LogP contribution in [0.5, 0.6) is 0 Å². The zero-order chi connectivity index (χ0) is 10.9. The molecule has 0 bridgehead atoms. The quantitative estimate of drug-likeness (QED) is 0.811. The lowest BCUT2D eigenvalue weighted by Gasteiger charge is -2.36. The first-order valence-electron chi connectivity index (χ1n) is 4.80. The summed E-state index contributed by atoms with van der Waals surface area (Å²) in [5, 5.41) is 11.7. The molecule has 0 aromatic heterocycles. The molecular weight excluding hydrogens is 198 g/mol. The molecule has 1 aliphatic rings. The number of rotatable bonds is 2. The van der Waals surface area contributed by atoms with E-state index in [0.717, 1.165) is 24.6 Å². The third-order valence-electron chi connectivity index (χ3n) is 2.72. The first-order chi connectivity index (χ1) is 7.15. The Labute approximate surface area is 86.5 Å². The minimum absolute atomic E-state index is 0.0660. The van der Waals surface area contributed by atoms with Crippen LogP contribution in [0.3, 0.4) is 0 Å². The van der Waals surface area contributed by atoms with E-state index in [0.29, 0.717) is 12.8 Å². The minimum Gasteiger partial charge on any atom is -0.365 e. The van der Waals surface area contributed by atoms with Gasteiger partial charge in [0.1, 0.15) is 17.2 Å². The Balaban J connectivity index is 2.24. The molecule has 2 rings (SSSR count). The molecule has 1 aromatic rings. The van der Waals surface area contributed by atoms with Crippen LogP contribution < -0.4 is 5.32 Å². The predicted octanol–water partition coefficient (Wildman–Crippen LogP) is 2.82. The largest absolute Gasteiger partial charge is 0.365 e. The van der Waals surface area contributed by atoms with Gasteiger partial charge in [-0.25, -0.2) is 8.78 Å². The van der Waals surface area contributed by atoms with Crippen molar-refractivity contribution in [3.63, 3.8) is 0 Å². The van der Waals surface area contributed by atoms with E-state index >= 15 is 0 Å². The molecule has 0 amide bonds. The lowest BCUT2D eigenvalue weighted by molar-refractivity contribution is 0.355. The minimum atomic E-state index is -0.700. The highest BCUT2D eigenvalue weighted by atomic mass is 19.1. The van der Waals surface area contributed by atoms with Crippen LogP contribution in [0.25, 0.3) is 0 Å². The summed E-state index contributed by atoms with van der Waals surface area (Å²) in [7, 11) is 0. The smallest absolute Gasteiger partial charge is 0.146 e. The van der Waals surface area contributed by atoms with Crippen molar-refractivity contribution in [3.05, 3.63) is 29.8 Å². The van der Waals surface area contributed by atoms with Crippen LogP contribution in [-0.2, 0) is 0 Å². The van der Waals surface area contributed by atoms with Crippen molar-refractivity contribution in [1.82, 2.24) is 0 Å². The zero-order valence-corrected chi connectivity index (χ0v) is 8.06. The first-order valence-corrected chi connectivity index (χ1v) is 4.80. The topological polar surface area (TPSA) is 35.8 Å². The molecule has 0 atom stereocenters. The van der Waals surface area contributed by atoms with E-state index in [1.165, 1.54) is 0 Å². The summed E-state index contributed by atoms with van der Waals surface area (Å²) in [6, 6.07) is 5.30. The standard InChI is InChI=1S/C11H10F2N2/c12-8-2-3-9(13)10(6-8)15-11(7-14)4-1-5-11/h2-3,6,15H,1,4-5H2. The van der Waals surface area contributed by atoms with E-state index in [1.54, 1.807) is 0 Å². The fraction of sp³-hybridized carbons (Fsp3) is 0.364. The highest BCUT2D eigenvalue weighted by molar-refractivity contribution is 5.50. The summed E-state index contributed by atoms with van der Waals surface area (Å²) >= 11 is 0. The van der Waals surface area contributed by atoms with Gasteiger partial charge >= 0.3 is 0 Å². The molecule has 0 spiro atoms. The van der Waals surface area contributed by atoms with Gasteiger partial charge in [0, 0.05) is 0 Å². The Morgan fingerprint density at radius 3 is 2.60 bits per heavy atom. The Kier molecular flexibility index (Phi) is 2.31. The molecule has 1 aliphatic carbocycles. The molecular formula is C11H10F2N2. The molecule has 1 N–H and O–H groups in total. The third kappa shape index (κ3) is 1.78. The van der Waals surface area contributed by atoms with Crippen LogP contribution in [0.2, 0.25) is 0 Å². The Hall–Kier alpha value is -1.63. The van der Waals surface area contributed by atoms with Gasteiger partial charge in [-0.1, -0.05) is 0 Å². The number of nitriles is 1. The number of anilines is 1. The second-order valence-electron chi connectivity index (χ2n) is 3.80. The predicted molar refractivity (Wildman–Crippen MR) is 52.2 cm³/mol. The molecule has 78 valence electrons. The number of hydrogen-bond donors (Lipinski definition) is 1. The second-order valence-corrected chi connectivity index (χ2v) is 3.80. The monoisotopic (exact) mass is 208 g/mol. The molecule has 0 unspecified atom stereocenters. The van der Waals surface area contributed by atoms with E-state index in [9.17, 15) is 8.78 Å². The number of halogens is 2. The van der Waals surface area contributed by atoms with Gasteiger partial charge in [-0.3, -0.25) is 0 Å². The maximum atomic E-state index is 13.3. The summed E-state index contributed by atoms with van der Waals surface area (Å²) in [5.41, 5.74) is -0.634. The lowest BCUT2D eigenvalue weighted by atomic mass is 9.78. The van der Waals surface area contributed by atoms with Gasteiger partial charge < -0.3 is 5.32 Å². The van der Waals surface area contributed by atoms with Gasteiger partial charge in [0.05, 0.1) is 11.8 Å². The van der Waals surface area contributed by atoms with Gasteiger partial charge in [0.2, 0.25) is 0 Å². The Morgan fingerprint density at radius 2 is 2.07 bits per heavy atom. The average molecular weight is 208 g/mol. The van der Waals surface area contributed by atoms with E-state index in [-0.39, 0.29) is 5.69 Å². The highest BCUT2D eigenvalue weighted by Crippen LogP contribution is 2.35. The van der Waals surface area contributed by atoms with Gasteiger partial charge in [0.25, 0.3) is 0 Å². The summed E-state index contributed by atoms with van der Waals surface area (Å²) in [4.78, 5) is 0. The molecule has 0 heterocycles. The molecule has 1 saturated carbocycles. The third-order valence-corrected chi connectivity index (χ3v) is 2.72. The summed E-state index contributed by atoms with van der Waals surface area (Å²) < 4.78 is 26.1. The lowest BCUT2D eigenvalue weighted by Crippen LogP contribution is -2.43. The maximum absolute atomic E-state index is 13.3. The van der Waals surface area contributed by atoms with E-state index < -0.39 is 17.2 Å². The van der Waals surface area contributed by atoms with Gasteiger partial charge in [-0.15, -0.1) is 0 Å². The van der Waals surface area contributed by atoms with Crippen molar-refractivity contribution in [2.75, 3.05) is 5.32 Å². The average Bonchev–Trinajstić information content (AvgIpc) is 2.17. The first kappa shape index (κ1) is 9.91. The van der Waals surface area contributed by atoms with Crippen molar-refractivity contribution >= 4 is 5.69 Å². The molecule has 0 radical (unpaired) electrons. The van der Waals surface area contributed by atoms with Gasteiger partial charge in [-0.05, 0) is 37.5 Å². The van der Waals surface area contributed by atoms with E-state index in [2.05, 4.69) is 11.4 Å². The fourth-order valence-electron chi connectivity index (χ4n) is 1.65. The van der Waals surface area contributed by atoms with Crippen molar-refractivity contribution in [1.29, 1.82) is 5.26 Å². The number of nitrogens with zero attached hydrogens (tertiary/aromatic N) is 1. The SMILES string of the molecule is N#CC1(Nc2cc(F)ccc2F)CCC1. The van der Waals surface area contributed by atoms with Crippen LogP contribution in [0.4, 0.5) is 14.5 Å². The number of benzene rings is 1. The summed E-state index contributed by atoms with van der Waals surface area (Å²) in [6.45, 7) is 0. The van der Waals surface area contributed by atoms with Crippen LogP contribution >= 0.6 is 0 Å². The van der Waals surface area contributed by atoms with Crippen molar-refractivity contribution in [2.24, 2.45) is 0 Å². The van der Waals surface area contributed by atoms with Crippen molar-refractivity contribution in [2.45, 2.75) is 24.8 Å². The number of hydrogen-bond acceptors (Lipinski definition) is 2. The van der Waals surface area contributed by atoms with E-state index in [4.69, 9.17) is 5.26 Å². The molecule has 0 saturated heterocycles. The molecule has 15 heavy (non-hydrogen) atoms. The molecule has 2 nitrogen and oxygen atoms in total. The normalized spacial score (nSPS) is 17.7. The van der Waals surface area contributed by atoms with Crippen LogP contribution in [0.15, 0.2) is 18.2 Å². The molecule has 1 aromatic carbocycles. The van der Waals surface area contributed by atoms with Crippen LogP contribution in [-0.4, -0.2) is 5.54 Å². The van der Waals surface area contributed by atoms with Crippen molar-refractivity contribution in [3.8, 4) is 6.07 Å². The maximum Gasteiger partial charge on any atom is 0.146 e. The Morgan fingerprint density at radius 1 is 1.33 bits per heavy atom. The number of nitrogens with one attached hydrogen (secondary N) is 1. The molecule has 4 heteroatoms. The summed E-state index contributed by atoms with van der Waals surface area (Å²) in [5.74, 6) is -1.04. The van der Waals surface area contributed by atoms with Crippen LogP contribution in [0, 0.1) is 23.0 Å². The van der Waals surface area contributed by atoms with Gasteiger partial charge in [0.15, 0.2) is 0 Å².